The molecule has 0 aliphatic heterocycles. The van der Waals surface area contributed by atoms with Crippen LogP contribution in [0.1, 0.15) is 48.2 Å². The van der Waals surface area contributed by atoms with Crippen LogP contribution in [0.3, 0.4) is 0 Å². The Labute approximate surface area is 176 Å². The van der Waals surface area contributed by atoms with Crippen LogP contribution in [0.15, 0.2) is 51.2 Å². The van der Waals surface area contributed by atoms with Crippen molar-refractivity contribution < 1.29 is 12.9 Å². The summed E-state index contributed by atoms with van der Waals surface area (Å²) in [5, 5.41) is 5.93. The van der Waals surface area contributed by atoms with Crippen LogP contribution in [0.4, 0.5) is 0 Å². The smallest absolute Gasteiger partial charge is 0.243 e. The maximum Gasteiger partial charge on any atom is 0.243 e. The molecule has 4 rings (SSSR count). The van der Waals surface area contributed by atoms with Crippen LogP contribution in [-0.2, 0) is 16.6 Å². The van der Waals surface area contributed by atoms with Crippen LogP contribution in [0.2, 0.25) is 0 Å². The molecule has 0 N–H and O–H groups in total. The third kappa shape index (κ3) is 4.32. The van der Waals surface area contributed by atoms with Crippen molar-refractivity contribution in [2.24, 2.45) is 0 Å². The fourth-order valence-corrected chi connectivity index (χ4v) is 6.69. The van der Waals surface area contributed by atoms with Gasteiger partial charge in [0.15, 0.2) is 5.76 Å². The van der Waals surface area contributed by atoms with Crippen LogP contribution in [0.25, 0.3) is 11.3 Å². The summed E-state index contributed by atoms with van der Waals surface area (Å²) in [6.45, 7) is 4.13. The third-order valence-corrected chi connectivity index (χ3v) is 8.46. The Kier molecular flexibility index (Phi) is 5.90. The number of benzene rings is 1. The van der Waals surface area contributed by atoms with E-state index < -0.39 is 10.0 Å². The molecule has 7 heteroatoms. The first-order chi connectivity index (χ1) is 13.9. The molecule has 0 bridgehead atoms. The maximum absolute atomic E-state index is 13.9. The van der Waals surface area contributed by atoms with Gasteiger partial charge in [-0.15, -0.1) is 11.3 Å². The lowest BCUT2D eigenvalue weighted by atomic mass is 9.95. The monoisotopic (exact) mass is 430 g/mol. The summed E-state index contributed by atoms with van der Waals surface area (Å²) >= 11 is 1.60. The Balaban J connectivity index is 1.75. The SMILES string of the molecule is Cc1cc(-c2ccc(C)c(S(=O)(=O)N(Cc3cccs3)C3CCCCC3)c2)on1. The number of hydrogen-bond donors (Lipinski definition) is 0. The van der Waals surface area contributed by atoms with Crippen LogP contribution < -0.4 is 0 Å². The molecule has 0 saturated heterocycles. The van der Waals surface area contributed by atoms with E-state index in [9.17, 15) is 8.42 Å². The molecule has 154 valence electrons. The summed E-state index contributed by atoms with van der Waals surface area (Å²) in [6, 6.07) is 11.3. The Morgan fingerprint density at radius 1 is 1.14 bits per heavy atom. The molecule has 2 heterocycles. The quantitative estimate of drug-likeness (QED) is 0.515. The van der Waals surface area contributed by atoms with Crippen molar-refractivity contribution >= 4 is 21.4 Å². The van der Waals surface area contributed by atoms with Crippen molar-refractivity contribution in [1.29, 1.82) is 0 Å². The second kappa shape index (κ2) is 8.42. The normalized spacial score (nSPS) is 15.8. The summed E-state index contributed by atoms with van der Waals surface area (Å²) in [5.74, 6) is 0.585. The van der Waals surface area contributed by atoms with Gasteiger partial charge in [0.1, 0.15) is 0 Å². The van der Waals surface area contributed by atoms with Gasteiger partial charge in [-0.2, -0.15) is 4.31 Å². The van der Waals surface area contributed by atoms with Crippen molar-refractivity contribution in [3.05, 3.63) is 57.9 Å². The van der Waals surface area contributed by atoms with Gasteiger partial charge in [-0.05, 0) is 49.8 Å². The summed E-state index contributed by atoms with van der Waals surface area (Å²) in [7, 11) is -3.65. The Morgan fingerprint density at radius 2 is 1.93 bits per heavy atom. The second-order valence-corrected chi connectivity index (χ2v) is 10.6. The molecule has 29 heavy (non-hydrogen) atoms. The first kappa shape index (κ1) is 20.3. The number of sulfonamides is 1. The molecule has 1 aliphatic carbocycles. The van der Waals surface area contributed by atoms with E-state index in [1.54, 1.807) is 21.7 Å². The van der Waals surface area contributed by atoms with Gasteiger partial charge in [-0.3, -0.25) is 0 Å². The van der Waals surface area contributed by atoms with E-state index >= 15 is 0 Å². The molecule has 1 fully saturated rings. The van der Waals surface area contributed by atoms with Gasteiger partial charge in [0.05, 0.1) is 10.6 Å². The molecule has 0 atom stereocenters. The van der Waals surface area contributed by atoms with E-state index in [0.717, 1.165) is 47.4 Å². The fraction of sp³-hybridized carbons (Fsp3) is 0.409. The minimum Gasteiger partial charge on any atom is -0.356 e. The third-order valence-electron chi connectivity index (χ3n) is 5.56. The zero-order valence-corrected chi connectivity index (χ0v) is 18.4. The highest BCUT2D eigenvalue weighted by atomic mass is 32.2. The van der Waals surface area contributed by atoms with E-state index in [1.165, 1.54) is 6.42 Å². The minimum atomic E-state index is -3.65. The van der Waals surface area contributed by atoms with E-state index in [0.29, 0.717) is 17.2 Å². The molecule has 1 saturated carbocycles. The van der Waals surface area contributed by atoms with Crippen LogP contribution in [-0.4, -0.2) is 23.9 Å². The van der Waals surface area contributed by atoms with Gasteiger partial charge in [-0.1, -0.05) is 42.6 Å². The first-order valence-electron chi connectivity index (χ1n) is 10.0. The molecule has 0 amide bonds. The average Bonchev–Trinajstić information content (AvgIpc) is 3.38. The molecule has 0 unspecified atom stereocenters. The summed E-state index contributed by atoms with van der Waals surface area (Å²) in [5.41, 5.74) is 2.25. The lowest BCUT2D eigenvalue weighted by molar-refractivity contribution is 0.249. The summed E-state index contributed by atoms with van der Waals surface area (Å²) in [4.78, 5) is 1.42. The summed E-state index contributed by atoms with van der Waals surface area (Å²) in [6.07, 6.45) is 5.19. The number of aromatic nitrogens is 1. The topological polar surface area (TPSA) is 63.4 Å². The first-order valence-corrected chi connectivity index (χ1v) is 12.4. The largest absolute Gasteiger partial charge is 0.356 e. The second-order valence-electron chi connectivity index (χ2n) is 7.73. The van der Waals surface area contributed by atoms with Gasteiger partial charge in [0.25, 0.3) is 0 Å². The van der Waals surface area contributed by atoms with E-state index in [2.05, 4.69) is 5.16 Å². The molecule has 0 spiro atoms. The molecule has 3 aromatic rings. The van der Waals surface area contributed by atoms with Gasteiger partial charge in [0.2, 0.25) is 10.0 Å². The van der Waals surface area contributed by atoms with E-state index in [4.69, 9.17) is 4.52 Å². The van der Waals surface area contributed by atoms with Gasteiger partial charge < -0.3 is 4.52 Å². The molecule has 5 nitrogen and oxygen atoms in total. The molecule has 2 aromatic heterocycles. The molecule has 0 radical (unpaired) electrons. The van der Waals surface area contributed by atoms with Crippen molar-refractivity contribution in [2.75, 3.05) is 0 Å². The average molecular weight is 431 g/mol. The number of rotatable bonds is 6. The molecule has 1 aromatic carbocycles. The van der Waals surface area contributed by atoms with Crippen molar-refractivity contribution in [3.8, 4) is 11.3 Å². The Morgan fingerprint density at radius 3 is 2.59 bits per heavy atom. The maximum atomic E-state index is 13.9. The highest BCUT2D eigenvalue weighted by Gasteiger charge is 2.34. The van der Waals surface area contributed by atoms with Gasteiger partial charge in [0, 0.05) is 29.1 Å². The highest BCUT2D eigenvalue weighted by Crippen LogP contribution is 2.33. The number of hydrogen-bond acceptors (Lipinski definition) is 5. The van der Waals surface area contributed by atoms with Crippen LogP contribution in [0.5, 0.6) is 0 Å². The highest BCUT2D eigenvalue weighted by molar-refractivity contribution is 7.89. The van der Waals surface area contributed by atoms with E-state index in [-0.39, 0.29) is 6.04 Å². The van der Waals surface area contributed by atoms with Gasteiger partial charge >= 0.3 is 0 Å². The standard InChI is InChI=1S/C22H26N2O3S2/c1-16-10-11-18(21-13-17(2)23-27-21)14-22(16)29(25,26)24(15-20-9-6-12-28-20)19-7-4-3-5-8-19/h6,9-14,19H,3-5,7-8,15H2,1-2H3. The predicted octanol–water partition coefficient (Wildman–Crippen LogP) is 5.54. The Hall–Kier alpha value is -1.96. The molecular formula is C22H26N2O3S2. The van der Waals surface area contributed by atoms with Crippen molar-refractivity contribution in [3.63, 3.8) is 0 Å². The Bertz CT molecular complexity index is 1070. The summed E-state index contributed by atoms with van der Waals surface area (Å²) < 4.78 is 34.8. The molecular weight excluding hydrogens is 404 g/mol. The van der Waals surface area contributed by atoms with Gasteiger partial charge in [-0.25, -0.2) is 8.42 Å². The number of thiophene rings is 1. The fourth-order valence-electron chi connectivity index (χ4n) is 3.99. The van der Waals surface area contributed by atoms with Crippen molar-refractivity contribution in [2.45, 2.75) is 63.4 Å². The predicted molar refractivity (Wildman–Crippen MR) is 115 cm³/mol. The van der Waals surface area contributed by atoms with Crippen LogP contribution in [0, 0.1) is 13.8 Å². The molecule has 1 aliphatic rings. The zero-order valence-electron chi connectivity index (χ0n) is 16.8. The van der Waals surface area contributed by atoms with E-state index in [1.807, 2.05) is 49.6 Å². The van der Waals surface area contributed by atoms with Crippen molar-refractivity contribution in [1.82, 2.24) is 9.46 Å². The van der Waals surface area contributed by atoms with Crippen LogP contribution >= 0.6 is 11.3 Å². The number of nitrogens with zero attached hydrogens (tertiary/aromatic N) is 2. The lowest BCUT2D eigenvalue weighted by Crippen LogP contribution is -2.41. The lowest BCUT2D eigenvalue weighted by Gasteiger charge is -2.33. The zero-order chi connectivity index (χ0) is 20.4. The minimum absolute atomic E-state index is 0.0476. The number of aryl methyl sites for hydroxylation is 2.